The van der Waals surface area contributed by atoms with E-state index in [-0.39, 0.29) is 22.6 Å². The van der Waals surface area contributed by atoms with Crippen LogP contribution in [0.15, 0.2) is 199 Å². The molecule has 3 heterocycles. The number of ether oxygens (including phenoxy) is 1. The molecule has 0 aliphatic rings. The molecule has 0 radical (unpaired) electrons. The molecule has 0 saturated heterocycles. The summed E-state index contributed by atoms with van der Waals surface area (Å²) in [5.74, 6) is -0.918. The van der Waals surface area contributed by atoms with Gasteiger partial charge in [0, 0.05) is 50.2 Å². The predicted octanol–water partition coefficient (Wildman–Crippen LogP) is 12.6. The minimum Gasteiger partial charge on any atom is -0.494 e. The molecule has 8 aromatic carbocycles. The Kier molecular flexibility index (Phi) is 9.47. The lowest BCUT2D eigenvalue weighted by molar-refractivity contribution is 0.0896. The number of aromatic nitrogens is 4. The van der Waals surface area contributed by atoms with Gasteiger partial charge in [-0.3, -0.25) is 9.59 Å². The molecule has 64 heavy (non-hydrogen) atoms. The fourth-order valence-electron chi connectivity index (χ4n) is 8.21. The second-order valence-electron chi connectivity index (χ2n) is 15.3. The normalized spacial score (nSPS) is 11.3. The molecule has 9 nitrogen and oxygen atoms in total. The molecule has 0 spiro atoms. The Morgan fingerprint density at radius 3 is 1.27 bits per heavy atom. The number of para-hydroxylation sites is 1. The van der Waals surface area contributed by atoms with E-state index in [0.717, 1.165) is 32.5 Å². The first-order valence-corrected chi connectivity index (χ1v) is 20.7. The highest BCUT2D eigenvalue weighted by atomic mass is 16.5. The second-order valence-corrected chi connectivity index (χ2v) is 15.3. The van der Waals surface area contributed by atoms with E-state index in [9.17, 15) is 0 Å². The van der Waals surface area contributed by atoms with Gasteiger partial charge in [0.15, 0.2) is 0 Å². The van der Waals surface area contributed by atoms with Crippen molar-refractivity contribution in [3.05, 3.63) is 205 Å². The Morgan fingerprint density at radius 2 is 0.828 bits per heavy atom. The third kappa shape index (κ3) is 6.78. The van der Waals surface area contributed by atoms with Crippen LogP contribution in [-0.2, 0) is 0 Å². The van der Waals surface area contributed by atoms with Gasteiger partial charge in [0.05, 0.1) is 57.6 Å². The van der Waals surface area contributed by atoms with Crippen LogP contribution in [0.5, 0.6) is 5.75 Å². The van der Waals surface area contributed by atoms with Gasteiger partial charge in [0.25, 0.3) is 11.8 Å². The summed E-state index contributed by atoms with van der Waals surface area (Å²) in [5.41, 5.74) is 10.4. The van der Waals surface area contributed by atoms with Crippen molar-refractivity contribution in [2.75, 3.05) is 12.0 Å². The summed E-state index contributed by atoms with van der Waals surface area (Å²) >= 11 is 0. The van der Waals surface area contributed by atoms with Gasteiger partial charge < -0.3 is 9.15 Å². The van der Waals surface area contributed by atoms with E-state index in [1.807, 2.05) is 146 Å². The van der Waals surface area contributed by atoms with Crippen LogP contribution in [0.25, 0.3) is 89.0 Å². The molecule has 0 aliphatic heterocycles. The SMILES string of the molecule is COc1cc2oc3ccccc3c2cc1N(C(=O)c1ccc2nc(-c3ccccc3)c(-c3ccccc3)nc2c1)C(=O)c1ccc2nc(-c3ccccc3)c(-c3ccccc3)nc2c1. The number of fused-ring (bicyclic) bond motifs is 5. The van der Waals surface area contributed by atoms with E-state index in [2.05, 4.69) is 0 Å². The number of rotatable bonds is 8. The fraction of sp³-hybridized carbons (Fsp3) is 0.0182. The highest BCUT2D eigenvalue weighted by molar-refractivity contribution is 6.28. The average Bonchev–Trinajstić information content (AvgIpc) is 3.73. The first-order valence-electron chi connectivity index (χ1n) is 20.7. The van der Waals surface area contributed by atoms with Gasteiger partial charge in [-0.25, -0.2) is 24.8 Å². The van der Waals surface area contributed by atoms with Crippen molar-refractivity contribution < 1.29 is 18.7 Å². The number of benzene rings is 8. The minimum absolute atomic E-state index is 0.222. The zero-order chi connectivity index (χ0) is 43.1. The van der Waals surface area contributed by atoms with Crippen LogP contribution >= 0.6 is 0 Å². The van der Waals surface area contributed by atoms with Gasteiger partial charge in [-0.2, -0.15) is 0 Å². The molecule has 11 aromatic rings. The average molecular weight is 830 g/mol. The van der Waals surface area contributed by atoms with Crippen LogP contribution in [0.3, 0.4) is 0 Å². The van der Waals surface area contributed by atoms with Crippen LogP contribution in [-0.4, -0.2) is 38.9 Å². The van der Waals surface area contributed by atoms with Gasteiger partial charge in [-0.15, -0.1) is 0 Å². The Balaban J connectivity index is 1.08. The van der Waals surface area contributed by atoms with Crippen LogP contribution in [0.1, 0.15) is 20.7 Å². The van der Waals surface area contributed by atoms with Crippen LogP contribution in [0, 0.1) is 0 Å². The molecular weight excluding hydrogens is 795 g/mol. The molecule has 11 rings (SSSR count). The van der Waals surface area contributed by atoms with Gasteiger partial charge in [-0.1, -0.05) is 140 Å². The summed E-state index contributed by atoms with van der Waals surface area (Å²) in [6.07, 6.45) is 0. The van der Waals surface area contributed by atoms with Gasteiger partial charge in [0.1, 0.15) is 16.9 Å². The Hall–Kier alpha value is -8.82. The molecule has 0 bridgehead atoms. The maximum absolute atomic E-state index is 15.3. The number of amides is 2. The molecular formula is C55H35N5O4. The number of anilines is 1. The smallest absolute Gasteiger partial charge is 0.265 e. The molecule has 0 fully saturated rings. The molecule has 304 valence electrons. The monoisotopic (exact) mass is 829 g/mol. The largest absolute Gasteiger partial charge is 0.494 e. The van der Waals surface area contributed by atoms with E-state index in [1.54, 1.807) is 48.5 Å². The minimum atomic E-state index is -0.594. The van der Waals surface area contributed by atoms with Crippen molar-refractivity contribution in [1.29, 1.82) is 0 Å². The van der Waals surface area contributed by atoms with Crippen molar-refractivity contribution in [3.63, 3.8) is 0 Å². The number of hydrogen-bond donors (Lipinski definition) is 0. The zero-order valence-corrected chi connectivity index (χ0v) is 34.3. The van der Waals surface area contributed by atoms with Crippen LogP contribution in [0.2, 0.25) is 0 Å². The number of carbonyl (C=O) groups excluding carboxylic acids is 2. The molecule has 0 atom stereocenters. The fourth-order valence-corrected chi connectivity index (χ4v) is 8.21. The highest BCUT2D eigenvalue weighted by Crippen LogP contribution is 2.40. The molecule has 9 heteroatoms. The van der Waals surface area contributed by atoms with E-state index in [1.165, 1.54) is 7.11 Å². The third-order valence-electron chi connectivity index (χ3n) is 11.3. The summed E-state index contributed by atoms with van der Waals surface area (Å²) in [6, 6.07) is 60.8. The van der Waals surface area contributed by atoms with Crippen molar-refractivity contribution in [1.82, 2.24) is 19.9 Å². The van der Waals surface area contributed by atoms with Gasteiger partial charge >= 0.3 is 0 Å². The van der Waals surface area contributed by atoms with Crippen LogP contribution < -0.4 is 9.64 Å². The first-order chi connectivity index (χ1) is 31.5. The van der Waals surface area contributed by atoms with Crippen molar-refractivity contribution in [2.45, 2.75) is 0 Å². The Bertz CT molecular complexity index is 3400. The van der Waals surface area contributed by atoms with Gasteiger partial charge in [-0.05, 0) is 48.5 Å². The number of hydrogen-bond acceptors (Lipinski definition) is 8. The molecule has 0 saturated carbocycles. The lowest BCUT2D eigenvalue weighted by Crippen LogP contribution is -2.37. The molecule has 2 amide bonds. The lowest BCUT2D eigenvalue weighted by Gasteiger charge is -2.24. The number of methoxy groups -OCH3 is 1. The second kappa shape index (κ2) is 15.9. The quantitative estimate of drug-likeness (QED) is 0.139. The van der Waals surface area contributed by atoms with E-state index in [0.29, 0.717) is 61.4 Å². The summed E-state index contributed by atoms with van der Waals surface area (Å²) < 4.78 is 12.1. The molecule has 0 N–H and O–H groups in total. The summed E-state index contributed by atoms with van der Waals surface area (Å²) in [7, 11) is 1.50. The topological polar surface area (TPSA) is 111 Å². The lowest BCUT2D eigenvalue weighted by atomic mass is 10.0. The van der Waals surface area contributed by atoms with E-state index >= 15 is 9.59 Å². The zero-order valence-electron chi connectivity index (χ0n) is 34.3. The number of nitrogens with zero attached hydrogens (tertiary/aromatic N) is 5. The van der Waals surface area contributed by atoms with Crippen molar-refractivity contribution in [2.24, 2.45) is 0 Å². The number of carbonyl (C=O) groups is 2. The summed E-state index contributed by atoms with van der Waals surface area (Å²) in [6.45, 7) is 0. The van der Waals surface area contributed by atoms with E-state index < -0.39 is 11.8 Å². The standard InChI is InChI=1S/C55H35N5O4/c1-63-49-33-48-41(40-24-14-15-25-47(40)64-48)32-46(49)60(54(61)38-26-28-42-44(30-38)58-52(36-20-10-4-11-21-36)50(56-42)34-16-6-2-7-17-34)55(62)39-27-29-43-45(31-39)59-53(37-22-12-5-13-23-37)51(57-43)35-18-8-3-9-19-35/h2-33H,1H3. The van der Waals surface area contributed by atoms with Crippen molar-refractivity contribution in [3.8, 4) is 50.8 Å². The number of imide groups is 1. The summed E-state index contributed by atoms with van der Waals surface area (Å²) in [4.78, 5) is 52.2. The Labute approximate surface area is 366 Å². The molecule has 0 unspecified atom stereocenters. The third-order valence-corrected chi connectivity index (χ3v) is 11.3. The molecule has 0 aliphatic carbocycles. The molecule has 3 aromatic heterocycles. The van der Waals surface area contributed by atoms with E-state index in [4.69, 9.17) is 29.1 Å². The number of furan rings is 1. The first kappa shape index (κ1) is 38.1. The van der Waals surface area contributed by atoms with Crippen molar-refractivity contribution >= 4 is 61.5 Å². The van der Waals surface area contributed by atoms with Gasteiger partial charge in [0.2, 0.25) is 0 Å². The Morgan fingerprint density at radius 1 is 0.422 bits per heavy atom. The highest BCUT2D eigenvalue weighted by Gasteiger charge is 2.31. The predicted molar refractivity (Wildman–Crippen MR) is 252 cm³/mol. The maximum atomic E-state index is 15.3. The maximum Gasteiger partial charge on any atom is 0.265 e. The summed E-state index contributed by atoms with van der Waals surface area (Å²) in [5, 5.41) is 1.54. The van der Waals surface area contributed by atoms with Crippen LogP contribution in [0.4, 0.5) is 5.69 Å².